The van der Waals surface area contributed by atoms with E-state index >= 15 is 0 Å². The van der Waals surface area contributed by atoms with Gasteiger partial charge in [0.1, 0.15) is 0 Å². The van der Waals surface area contributed by atoms with Gasteiger partial charge in [-0.15, -0.1) is 11.8 Å². The molecular weight excluding hydrogens is 472 g/mol. The second-order valence-electron chi connectivity index (χ2n) is 7.26. The van der Waals surface area contributed by atoms with E-state index in [1.54, 1.807) is 44.2 Å². The summed E-state index contributed by atoms with van der Waals surface area (Å²) in [5.74, 6) is -0.0295. The van der Waals surface area contributed by atoms with E-state index in [9.17, 15) is 13.2 Å². The molecule has 2 aromatic carbocycles. The molecule has 1 aromatic heterocycles. The van der Waals surface area contributed by atoms with Gasteiger partial charge in [0.2, 0.25) is 27.6 Å². The van der Waals surface area contributed by atoms with Gasteiger partial charge >= 0.3 is 0 Å². The number of anilines is 1. The lowest BCUT2D eigenvalue weighted by Gasteiger charge is -2.17. The Balaban J connectivity index is 1.83. The van der Waals surface area contributed by atoms with Crippen LogP contribution in [0.25, 0.3) is 11.4 Å². The number of hydrogen-bond donors (Lipinski definition) is 1. The van der Waals surface area contributed by atoms with Crippen molar-refractivity contribution < 1.29 is 17.7 Å². The number of rotatable bonds is 8. The summed E-state index contributed by atoms with van der Waals surface area (Å²) in [5.41, 5.74) is 1.04. The van der Waals surface area contributed by atoms with Crippen molar-refractivity contribution in [1.82, 2.24) is 14.4 Å². The molecule has 170 valence electrons. The number of hydrogen-bond acceptors (Lipinski definition) is 7. The molecule has 1 heterocycles. The molecule has 11 heteroatoms. The molecule has 3 rings (SSSR count). The van der Waals surface area contributed by atoms with E-state index in [4.69, 9.17) is 16.1 Å². The summed E-state index contributed by atoms with van der Waals surface area (Å²) in [4.78, 5) is 17.2. The van der Waals surface area contributed by atoms with Gasteiger partial charge in [-0.3, -0.25) is 4.79 Å². The van der Waals surface area contributed by atoms with Crippen LogP contribution in [0, 0.1) is 5.92 Å². The summed E-state index contributed by atoms with van der Waals surface area (Å²) in [6.07, 6.45) is 1.85. The molecule has 0 unspecified atom stereocenters. The highest BCUT2D eigenvalue weighted by atomic mass is 35.5. The Morgan fingerprint density at radius 2 is 1.97 bits per heavy atom. The number of nitrogens with one attached hydrogen (secondary N) is 1. The Morgan fingerprint density at radius 1 is 1.25 bits per heavy atom. The highest BCUT2D eigenvalue weighted by Crippen LogP contribution is 2.30. The van der Waals surface area contributed by atoms with Crippen molar-refractivity contribution >= 4 is 45.0 Å². The zero-order valence-electron chi connectivity index (χ0n) is 18.0. The summed E-state index contributed by atoms with van der Waals surface area (Å²) in [7, 11) is -2.47. The Labute approximate surface area is 196 Å². The van der Waals surface area contributed by atoms with Crippen LogP contribution >= 0.6 is 23.4 Å². The number of aromatic nitrogens is 2. The maximum absolute atomic E-state index is 13.1. The van der Waals surface area contributed by atoms with Crippen molar-refractivity contribution in [2.75, 3.05) is 18.6 Å². The number of carbonyl (C=O) groups excluding carboxylic acids is 1. The van der Waals surface area contributed by atoms with Crippen molar-refractivity contribution in [3.63, 3.8) is 0 Å². The second kappa shape index (κ2) is 10.0. The van der Waals surface area contributed by atoms with Gasteiger partial charge in [0.15, 0.2) is 0 Å². The van der Waals surface area contributed by atoms with Crippen molar-refractivity contribution in [1.29, 1.82) is 0 Å². The van der Waals surface area contributed by atoms with Crippen LogP contribution in [0.2, 0.25) is 5.02 Å². The third-order valence-corrected chi connectivity index (χ3v) is 7.53. The molecule has 0 aliphatic rings. The number of sulfonamides is 1. The van der Waals surface area contributed by atoms with Crippen LogP contribution < -0.4 is 5.32 Å². The van der Waals surface area contributed by atoms with E-state index in [2.05, 4.69) is 15.5 Å². The number of thioether (sulfide) groups is 1. The van der Waals surface area contributed by atoms with Gasteiger partial charge in [0.25, 0.3) is 0 Å². The first-order chi connectivity index (χ1) is 15.1. The summed E-state index contributed by atoms with van der Waals surface area (Å²) in [5, 5.41) is 7.16. The molecule has 1 N–H and O–H groups in total. The average molecular weight is 495 g/mol. The van der Waals surface area contributed by atoms with Crippen molar-refractivity contribution in [3.05, 3.63) is 53.4 Å². The Morgan fingerprint density at radius 3 is 2.62 bits per heavy atom. The van der Waals surface area contributed by atoms with Gasteiger partial charge in [-0.25, -0.2) is 8.42 Å². The second-order valence-corrected chi connectivity index (χ2v) is 10.6. The third kappa shape index (κ3) is 5.32. The molecule has 3 aromatic rings. The Kier molecular flexibility index (Phi) is 7.60. The SMILES string of the molecule is CSc1ccc(S(=O)(=O)N(C)Cc2nc(-c3ccccc3Cl)no2)cc1NC(=O)C(C)C. The summed E-state index contributed by atoms with van der Waals surface area (Å²) >= 11 is 7.58. The lowest BCUT2D eigenvalue weighted by atomic mass is 10.2. The predicted octanol–water partition coefficient (Wildman–Crippen LogP) is 4.53. The zero-order valence-corrected chi connectivity index (χ0v) is 20.4. The van der Waals surface area contributed by atoms with Crippen molar-refractivity contribution in [2.45, 2.75) is 30.2 Å². The number of benzene rings is 2. The first-order valence-electron chi connectivity index (χ1n) is 9.66. The van der Waals surface area contributed by atoms with E-state index in [0.29, 0.717) is 16.3 Å². The van der Waals surface area contributed by atoms with E-state index < -0.39 is 10.0 Å². The van der Waals surface area contributed by atoms with Gasteiger partial charge in [0, 0.05) is 23.4 Å². The normalized spacial score (nSPS) is 11.8. The third-order valence-electron chi connectivity index (χ3n) is 4.60. The molecule has 0 fully saturated rings. The van der Waals surface area contributed by atoms with E-state index in [1.807, 2.05) is 6.26 Å². The largest absolute Gasteiger partial charge is 0.338 e. The highest BCUT2D eigenvalue weighted by molar-refractivity contribution is 7.98. The first kappa shape index (κ1) is 24.2. The van der Waals surface area contributed by atoms with Crippen LogP contribution in [-0.2, 0) is 21.4 Å². The Bertz CT molecular complexity index is 1230. The number of halogens is 1. The maximum atomic E-state index is 13.1. The quantitative estimate of drug-likeness (QED) is 0.458. The summed E-state index contributed by atoms with van der Waals surface area (Å²) in [6, 6.07) is 11.7. The fraction of sp³-hybridized carbons (Fsp3) is 0.286. The minimum atomic E-state index is -3.89. The molecule has 0 saturated carbocycles. The standard InChI is InChI=1S/C21H23ClN4O4S2/c1-13(2)21(27)23-17-11-14(9-10-18(17)31-4)32(28,29)26(3)12-19-24-20(25-30-19)15-7-5-6-8-16(15)22/h5-11,13H,12H2,1-4H3,(H,23,27). The van der Waals surface area contributed by atoms with Gasteiger partial charge in [-0.1, -0.05) is 42.7 Å². The van der Waals surface area contributed by atoms with Gasteiger partial charge < -0.3 is 9.84 Å². The molecule has 0 saturated heterocycles. The van der Waals surface area contributed by atoms with Gasteiger partial charge in [-0.2, -0.15) is 9.29 Å². The summed E-state index contributed by atoms with van der Waals surface area (Å²) in [6.45, 7) is 3.41. The fourth-order valence-electron chi connectivity index (χ4n) is 2.75. The smallest absolute Gasteiger partial charge is 0.243 e. The molecule has 8 nitrogen and oxygen atoms in total. The molecule has 0 bridgehead atoms. The highest BCUT2D eigenvalue weighted by Gasteiger charge is 2.25. The van der Waals surface area contributed by atoms with Crippen molar-refractivity contribution in [2.24, 2.45) is 5.92 Å². The van der Waals surface area contributed by atoms with Crippen LogP contribution in [0.15, 0.2) is 56.8 Å². The molecule has 0 atom stereocenters. The van der Waals surface area contributed by atoms with E-state index in [0.717, 1.165) is 9.20 Å². The number of nitrogens with zero attached hydrogens (tertiary/aromatic N) is 3. The van der Waals surface area contributed by atoms with Crippen LogP contribution in [-0.4, -0.2) is 42.1 Å². The lowest BCUT2D eigenvalue weighted by Crippen LogP contribution is -2.27. The van der Waals surface area contributed by atoms with Crippen LogP contribution in [0.4, 0.5) is 5.69 Å². The summed E-state index contributed by atoms with van der Waals surface area (Å²) < 4.78 is 32.6. The topological polar surface area (TPSA) is 105 Å². The van der Waals surface area contributed by atoms with Gasteiger partial charge in [-0.05, 0) is 36.6 Å². The molecule has 0 spiro atoms. The Hall–Kier alpha value is -2.40. The number of carbonyl (C=O) groups is 1. The molecule has 0 radical (unpaired) electrons. The van der Waals surface area contributed by atoms with Crippen LogP contribution in [0.1, 0.15) is 19.7 Å². The van der Waals surface area contributed by atoms with E-state index in [1.165, 1.54) is 30.9 Å². The molecule has 0 aliphatic heterocycles. The average Bonchev–Trinajstić information content (AvgIpc) is 3.22. The van der Waals surface area contributed by atoms with Gasteiger partial charge in [0.05, 0.1) is 22.2 Å². The lowest BCUT2D eigenvalue weighted by molar-refractivity contribution is -0.118. The predicted molar refractivity (Wildman–Crippen MR) is 125 cm³/mol. The monoisotopic (exact) mass is 494 g/mol. The van der Waals surface area contributed by atoms with E-state index in [-0.39, 0.29) is 35.0 Å². The molecule has 32 heavy (non-hydrogen) atoms. The first-order valence-corrected chi connectivity index (χ1v) is 12.7. The van der Waals surface area contributed by atoms with Crippen molar-refractivity contribution in [3.8, 4) is 11.4 Å². The number of amides is 1. The molecule has 0 aliphatic carbocycles. The maximum Gasteiger partial charge on any atom is 0.243 e. The van der Waals surface area contributed by atoms with Crippen LogP contribution in [0.5, 0.6) is 0 Å². The molecular formula is C21H23ClN4O4S2. The zero-order chi connectivity index (χ0) is 23.5. The minimum absolute atomic E-state index is 0.0442. The van der Waals surface area contributed by atoms with Crippen LogP contribution in [0.3, 0.4) is 0 Å². The minimum Gasteiger partial charge on any atom is -0.338 e. The molecule has 1 amide bonds. The fourth-order valence-corrected chi connectivity index (χ4v) is 4.65.